The van der Waals surface area contributed by atoms with Crippen LogP contribution in [-0.2, 0) is 0 Å². The van der Waals surface area contributed by atoms with Crippen LogP contribution in [0.1, 0.15) is 30.0 Å². The van der Waals surface area contributed by atoms with Crippen LogP contribution in [0.4, 0.5) is 0 Å². The summed E-state index contributed by atoms with van der Waals surface area (Å²) in [6.45, 7) is 5.66. The zero-order chi connectivity index (χ0) is 10.6. The van der Waals surface area contributed by atoms with E-state index in [2.05, 4.69) is 6.58 Å². The number of halogens is 1. The van der Waals surface area contributed by atoms with Gasteiger partial charge in [0.2, 0.25) is 0 Å². The molecule has 2 heteroatoms. The molecule has 2 N–H and O–H groups in total. The lowest BCUT2D eigenvalue weighted by Crippen LogP contribution is -2.09. The van der Waals surface area contributed by atoms with E-state index in [0.717, 1.165) is 29.0 Å². The lowest BCUT2D eigenvalue weighted by atomic mass is 10.0. The summed E-state index contributed by atoms with van der Waals surface area (Å²) in [5.41, 5.74) is 8.18. The highest BCUT2D eigenvalue weighted by molar-refractivity contribution is 6.31. The molecular formula is C12H16ClN. The summed E-state index contributed by atoms with van der Waals surface area (Å²) < 4.78 is 0. The van der Waals surface area contributed by atoms with Crippen LogP contribution in [0.15, 0.2) is 30.9 Å². The van der Waals surface area contributed by atoms with Crippen molar-refractivity contribution >= 4 is 11.6 Å². The lowest BCUT2D eigenvalue weighted by molar-refractivity contribution is 0.661. The third-order valence-corrected chi connectivity index (χ3v) is 2.71. The molecule has 0 radical (unpaired) electrons. The molecule has 14 heavy (non-hydrogen) atoms. The Morgan fingerprint density at radius 3 is 2.86 bits per heavy atom. The van der Waals surface area contributed by atoms with E-state index in [-0.39, 0.29) is 6.04 Å². The summed E-state index contributed by atoms with van der Waals surface area (Å²) in [6.07, 6.45) is 3.74. The van der Waals surface area contributed by atoms with Crippen molar-refractivity contribution in [3.63, 3.8) is 0 Å². The fourth-order valence-electron chi connectivity index (χ4n) is 1.30. The molecule has 1 aromatic carbocycles. The van der Waals surface area contributed by atoms with Gasteiger partial charge in [0.05, 0.1) is 0 Å². The van der Waals surface area contributed by atoms with Crippen molar-refractivity contribution in [2.45, 2.75) is 25.8 Å². The molecule has 0 aliphatic rings. The third-order valence-electron chi connectivity index (χ3n) is 2.31. The molecule has 1 aromatic rings. The number of nitrogens with two attached hydrogens (primary N) is 1. The van der Waals surface area contributed by atoms with E-state index in [4.69, 9.17) is 17.3 Å². The molecule has 0 amide bonds. The van der Waals surface area contributed by atoms with Crippen molar-refractivity contribution in [2.75, 3.05) is 0 Å². The minimum absolute atomic E-state index is 0.0612. The number of rotatable bonds is 4. The van der Waals surface area contributed by atoms with Crippen LogP contribution in [0.5, 0.6) is 0 Å². The highest BCUT2D eigenvalue weighted by Crippen LogP contribution is 2.22. The lowest BCUT2D eigenvalue weighted by Gasteiger charge is -2.11. The van der Waals surface area contributed by atoms with Gasteiger partial charge >= 0.3 is 0 Å². The molecule has 0 saturated heterocycles. The van der Waals surface area contributed by atoms with Crippen molar-refractivity contribution in [2.24, 2.45) is 5.73 Å². The summed E-state index contributed by atoms with van der Waals surface area (Å²) in [6, 6.07) is 6.05. The minimum atomic E-state index is 0.0612. The van der Waals surface area contributed by atoms with Gasteiger partial charge in [-0.25, -0.2) is 0 Å². The number of aryl methyl sites for hydroxylation is 1. The monoisotopic (exact) mass is 209 g/mol. The van der Waals surface area contributed by atoms with Gasteiger partial charge in [-0.15, -0.1) is 6.58 Å². The first kappa shape index (κ1) is 11.3. The van der Waals surface area contributed by atoms with Crippen molar-refractivity contribution in [1.82, 2.24) is 0 Å². The van der Waals surface area contributed by atoms with E-state index in [1.807, 2.05) is 31.2 Å². The molecule has 0 aliphatic heterocycles. The fourth-order valence-corrected chi connectivity index (χ4v) is 1.49. The fraction of sp³-hybridized carbons (Fsp3) is 0.333. The van der Waals surface area contributed by atoms with Gasteiger partial charge in [-0.05, 0) is 37.0 Å². The highest BCUT2D eigenvalue weighted by atomic mass is 35.5. The Hall–Kier alpha value is -0.790. The van der Waals surface area contributed by atoms with E-state index in [0.29, 0.717) is 0 Å². The number of allylic oxidation sites excluding steroid dienone is 1. The van der Waals surface area contributed by atoms with Crippen LogP contribution in [0.3, 0.4) is 0 Å². The summed E-state index contributed by atoms with van der Waals surface area (Å²) in [5, 5.41) is 0.788. The molecule has 0 fully saturated rings. The van der Waals surface area contributed by atoms with Gasteiger partial charge in [-0.3, -0.25) is 0 Å². The first-order chi connectivity index (χ1) is 6.65. The van der Waals surface area contributed by atoms with Gasteiger partial charge < -0.3 is 5.73 Å². The second kappa shape index (κ2) is 5.18. The van der Waals surface area contributed by atoms with Gasteiger partial charge in [0.25, 0.3) is 0 Å². The molecule has 0 aliphatic carbocycles. The van der Waals surface area contributed by atoms with Crippen LogP contribution in [0, 0.1) is 6.92 Å². The van der Waals surface area contributed by atoms with Gasteiger partial charge in [-0.1, -0.05) is 29.8 Å². The van der Waals surface area contributed by atoms with Crippen LogP contribution in [0.2, 0.25) is 5.02 Å². The van der Waals surface area contributed by atoms with E-state index >= 15 is 0 Å². The Kier molecular flexibility index (Phi) is 4.18. The highest BCUT2D eigenvalue weighted by Gasteiger charge is 2.06. The number of benzene rings is 1. The summed E-state index contributed by atoms with van der Waals surface area (Å²) in [5.74, 6) is 0. The third kappa shape index (κ3) is 2.86. The molecule has 76 valence electrons. The van der Waals surface area contributed by atoms with Crippen molar-refractivity contribution < 1.29 is 0 Å². The molecule has 1 unspecified atom stereocenters. The normalized spacial score (nSPS) is 12.5. The predicted octanol–water partition coefficient (Wildman–Crippen LogP) is 3.61. The molecule has 0 bridgehead atoms. The quantitative estimate of drug-likeness (QED) is 0.754. The minimum Gasteiger partial charge on any atom is -0.324 e. The SMILES string of the molecule is C=CCCC(N)c1ccc(C)c(Cl)c1. The molecular weight excluding hydrogens is 194 g/mol. The Morgan fingerprint density at radius 1 is 1.57 bits per heavy atom. The van der Waals surface area contributed by atoms with Gasteiger partial charge in [0.15, 0.2) is 0 Å². The maximum atomic E-state index is 6.02. The molecule has 1 rings (SSSR count). The van der Waals surface area contributed by atoms with Crippen LogP contribution in [-0.4, -0.2) is 0 Å². The predicted molar refractivity (Wildman–Crippen MR) is 62.5 cm³/mol. The summed E-state index contributed by atoms with van der Waals surface area (Å²) >= 11 is 6.02. The van der Waals surface area contributed by atoms with Crippen LogP contribution in [0.25, 0.3) is 0 Å². The van der Waals surface area contributed by atoms with Gasteiger partial charge in [-0.2, -0.15) is 0 Å². The Labute approximate surface area is 90.6 Å². The topological polar surface area (TPSA) is 26.0 Å². The van der Waals surface area contributed by atoms with E-state index in [1.165, 1.54) is 0 Å². The summed E-state index contributed by atoms with van der Waals surface area (Å²) in [7, 11) is 0. The van der Waals surface area contributed by atoms with E-state index < -0.39 is 0 Å². The van der Waals surface area contributed by atoms with Crippen LogP contribution >= 0.6 is 11.6 Å². The summed E-state index contributed by atoms with van der Waals surface area (Å²) in [4.78, 5) is 0. The smallest absolute Gasteiger partial charge is 0.0438 e. The van der Waals surface area contributed by atoms with Gasteiger partial charge in [0, 0.05) is 11.1 Å². The Bertz CT molecular complexity index is 320. The van der Waals surface area contributed by atoms with Crippen molar-refractivity contribution in [1.29, 1.82) is 0 Å². The Morgan fingerprint density at radius 2 is 2.29 bits per heavy atom. The maximum Gasteiger partial charge on any atom is 0.0438 e. The van der Waals surface area contributed by atoms with Crippen LogP contribution < -0.4 is 5.73 Å². The zero-order valence-corrected chi connectivity index (χ0v) is 9.22. The average molecular weight is 210 g/mol. The molecule has 0 aromatic heterocycles. The van der Waals surface area contributed by atoms with E-state index in [1.54, 1.807) is 0 Å². The molecule has 0 spiro atoms. The number of hydrogen-bond donors (Lipinski definition) is 1. The largest absolute Gasteiger partial charge is 0.324 e. The standard InChI is InChI=1S/C12H16ClN/c1-3-4-5-12(14)10-7-6-9(2)11(13)8-10/h3,6-8,12H,1,4-5,14H2,2H3. The molecule has 1 atom stereocenters. The second-order valence-electron chi connectivity index (χ2n) is 3.48. The Balaban J connectivity index is 2.75. The second-order valence-corrected chi connectivity index (χ2v) is 3.89. The van der Waals surface area contributed by atoms with E-state index in [9.17, 15) is 0 Å². The van der Waals surface area contributed by atoms with Gasteiger partial charge in [0.1, 0.15) is 0 Å². The number of hydrogen-bond acceptors (Lipinski definition) is 1. The molecule has 1 nitrogen and oxygen atoms in total. The maximum absolute atomic E-state index is 6.02. The van der Waals surface area contributed by atoms with Crippen molar-refractivity contribution in [3.8, 4) is 0 Å². The first-order valence-corrected chi connectivity index (χ1v) is 5.15. The zero-order valence-electron chi connectivity index (χ0n) is 8.46. The average Bonchev–Trinajstić information content (AvgIpc) is 2.18. The molecule has 0 heterocycles. The molecule has 0 saturated carbocycles. The van der Waals surface area contributed by atoms with Crippen molar-refractivity contribution in [3.05, 3.63) is 47.0 Å². The first-order valence-electron chi connectivity index (χ1n) is 4.77.